The fourth-order valence-corrected chi connectivity index (χ4v) is 9.76. The normalized spacial score (nSPS) is 16.6. The summed E-state index contributed by atoms with van der Waals surface area (Å²) < 4.78 is 15.5. The zero-order chi connectivity index (χ0) is 28.7. The molecule has 3 heteroatoms. The molecule has 0 N–H and O–H groups in total. The molecule has 1 aliphatic carbocycles. The Hall–Kier alpha value is -4.39. The van der Waals surface area contributed by atoms with Gasteiger partial charge in [0.2, 0.25) is 0 Å². The number of rotatable bonds is 5. The van der Waals surface area contributed by atoms with Crippen LogP contribution < -0.4 is 15.5 Å². The second-order valence-corrected chi connectivity index (χ2v) is 14.4. The van der Waals surface area contributed by atoms with Gasteiger partial charge in [0.15, 0.2) is 7.14 Å². The van der Waals surface area contributed by atoms with Crippen molar-refractivity contribution < 1.29 is 4.57 Å². The van der Waals surface area contributed by atoms with Crippen LogP contribution in [-0.4, -0.2) is 0 Å². The third-order valence-electron chi connectivity index (χ3n) is 8.81. The first-order valence-corrected chi connectivity index (χ1v) is 16.4. The van der Waals surface area contributed by atoms with Gasteiger partial charge in [-0.05, 0) is 70.7 Å². The number of allylic oxidation sites excluding steroid dienone is 4. The van der Waals surface area contributed by atoms with Crippen LogP contribution in [0.4, 0.5) is 17.1 Å². The fraction of sp³-hybridized carbons (Fsp3) is 0.128. The van der Waals surface area contributed by atoms with Crippen LogP contribution in [0.3, 0.4) is 0 Å². The molecule has 206 valence electrons. The monoisotopic (exact) mass is 563 g/mol. The minimum atomic E-state index is -3.08. The van der Waals surface area contributed by atoms with Crippen LogP contribution in [0.5, 0.6) is 0 Å². The number of fused-ring (bicyclic) bond motifs is 2. The van der Waals surface area contributed by atoms with Crippen molar-refractivity contribution in [2.45, 2.75) is 32.1 Å². The average molecular weight is 564 g/mol. The average Bonchev–Trinajstić information content (AvgIpc) is 3.06. The smallest absolute Gasteiger partial charge is 0.167 e. The molecule has 42 heavy (non-hydrogen) atoms. The quantitative estimate of drug-likeness (QED) is 0.198. The van der Waals surface area contributed by atoms with E-state index in [1.807, 2.05) is 36.4 Å². The number of para-hydroxylation sites is 2. The van der Waals surface area contributed by atoms with E-state index in [1.165, 1.54) is 22.5 Å². The molecule has 0 saturated carbocycles. The van der Waals surface area contributed by atoms with Crippen LogP contribution in [0.25, 0.3) is 11.1 Å². The van der Waals surface area contributed by atoms with E-state index in [4.69, 9.17) is 0 Å². The van der Waals surface area contributed by atoms with Gasteiger partial charge in [-0.15, -0.1) is 0 Å². The van der Waals surface area contributed by atoms with Crippen LogP contribution in [0.1, 0.15) is 37.8 Å². The van der Waals surface area contributed by atoms with Gasteiger partial charge >= 0.3 is 0 Å². The van der Waals surface area contributed by atoms with Gasteiger partial charge in [0.1, 0.15) is 0 Å². The largest absolute Gasteiger partial charge is 0.310 e. The lowest BCUT2D eigenvalue weighted by Gasteiger charge is -2.42. The van der Waals surface area contributed by atoms with E-state index in [0.29, 0.717) is 0 Å². The van der Waals surface area contributed by atoms with Crippen LogP contribution in [-0.2, 0) is 9.98 Å². The first-order valence-electron chi connectivity index (χ1n) is 14.7. The summed E-state index contributed by atoms with van der Waals surface area (Å²) in [6, 6.07) is 44.5. The lowest BCUT2D eigenvalue weighted by atomic mass is 9.73. The predicted molar refractivity (Wildman–Crippen MR) is 178 cm³/mol. The van der Waals surface area contributed by atoms with E-state index in [-0.39, 0.29) is 5.41 Å². The summed E-state index contributed by atoms with van der Waals surface area (Å²) in [4.78, 5) is 2.37. The first kappa shape index (κ1) is 26.5. The SMILES string of the molecule is CC1(C)c2ccccc2N(c2ccccc2)c2ccc(-c3ccccc3P(=O)(C3=CC=CCC3)c3ccccc3)cc21. The minimum Gasteiger partial charge on any atom is -0.310 e. The third-order valence-corrected chi connectivity index (χ3v) is 12.1. The van der Waals surface area contributed by atoms with Crippen molar-refractivity contribution >= 4 is 34.8 Å². The second-order valence-electron chi connectivity index (χ2n) is 11.6. The van der Waals surface area contributed by atoms with Crippen molar-refractivity contribution in [2.75, 3.05) is 4.90 Å². The molecule has 0 amide bonds. The number of hydrogen-bond donors (Lipinski definition) is 0. The standard InChI is InChI=1S/C39H34NOP/c1-39(2)34-23-13-14-24-36(34)40(30-16-6-3-7-17-30)37-27-26-29(28-35(37)39)33-22-12-15-25-38(33)42(41,31-18-8-4-9-19-31)32-20-10-5-11-21-32/h3-10,12-20,22-28H,11,21H2,1-2H3. The lowest BCUT2D eigenvalue weighted by Crippen LogP contribution is -2.30. The maximum absolute atomic E-state index is 15.5. The summed E-state index contributed by atoms with van der Waals surface area (Å²) in [5.41, 5.74) is 7.98. The van der Waals surface area contributed by atoms with Crippen LogP contribution in [0.15, 0.2) is 151 Å². The molecule has 0 radical (unpaired) electrons. The zero-order valence-corrected chi connectivity index (χ0v) is 25.0. The predicted octanol–water partition coefficient (Wildman–Crippen LogP) is 10.0. The van der Waals surface area contributed by atoms with Gasteiger partial charge in [-0.25, -0.2) is 0 Å². The van der Waals surface area contributed by atoms with Crippen molar-refractivity contribution in [3.63, 3.8) is 0 Å². The molecule has 2 aliphatic rings. The highest BCUT2D eigenvalue weighted by molar-refractivity contribution is 7.82. The topological polar surface area (TPSA) is 20.3 Å². The highest BCUT2D eigenvalue weighted by Gasteiger charge is 2.38. The minimum absolute atomic E-state index is 0.220. The highest BCUT2D eigenvalue weighted by atomic mass is 31.2. The van der Waals surface area contributed by atoms with Crippen LogP contribution >= 0.6 is 7.14 Å². The summed E-state index contributed by atoms with van der Waals surface area (Å²) in [5, 5.41) is 2.82. The summed E-state index contributed by atoms with van der Waals surface area (Å²) in [6.45, 7) is 4.63. The third kappa shape index (κ3) is 4.21. The van der Waals surface area contributed by atoms with E-state index in [9.17, 15) is 0 Å². The van der Waals surface area contributed by atoms with Gasteiger partial charge in [0.25, 0.3) is 0 Å². The van der Waals surface area contributed by atoms with E-state index >= 15 is 4.57 Å². The van der Waals surface area contributed by atoms with Crippen LogP contribution in [0.2, 0.25) is 0 Å². The lowest BCUT2D eigenvalue weighted by molar-refractivity contribution is 0.589. The van der Waals surface area contributed by atoms with Crippen molar-refractivity contribution in [2.24, 2.45) is 0 Å². The Labute approximate surface area is 249 Å². The summed E-state index contributed by atoms with van der Waals surface area (Å²) in [6.07, 6.45) is 8.02. The summed E-state index contributed by atoms with van der Waals surface area (Å²) in [5.74, 6) is 0. The molecule has 2 nitrogen and oxygen atoms in total. The maximum Gasteiger partial charge on any atom is 0.167 e. The van der Waals surface area contributed by atoms with Gasteiger partial charge in [0.05, 0.1) is 11.4 Å². The molecule has 1 aliphatic heterocycles. The molecule has 1 unspecified atom stereocenters. The van der Waals surface area contributed by atoms with Crippen molar-refractivity contribution in [1.29, 1.82) is 0 Å². The Balaban J connectivity index is 1.45. The molecule has 0 bridgehead atoms. The molecular weight excluding hydrogens is 529 g/mol. The van der Waals surface area contributed by atoms with Crippen molar-refractivity contribution in [1.82, 2.24) is 0 Å². The number of nitrogens with zero attached hydrogens (tertiary/aromatic N) is 1. The Kier molecular flexibility index (Phi) is 6.60. The Bertz CT molecular complexity index is 1880. The summed E-state index contributed by atoms with van der Waals surface area (Å²) in [7, 11) is -3.08. The first-order chi connectivity index (χ1) is 20.5. The highest BCUT2D eigenvalue weighted by Crippen LogP contribution is 2.57. The number of anilines is 3. The molecule has 7 rings (SSSR count). The number of benzene rings is 5. The van der Waals surface area contributed by atoms with Gasteiger partial charge < -0.3 is 9.46 Å². The molecule has 1 atom stereocenters. The van der Waals surface area contributed by atoms with E-state index in [2.05, 4.69) is 128 Å². The fourth-order valence-electron chi connectivity index (χ4n) is 6.67. The molecule has 5 aromatic carbocycles. The Morgan fingerprint density at radius 3 is 2.12 bits per heavy atom. The Morgan fingerprint density at radius 2 is 1.36 bits per heavy atom. The molecule has 0 aromatic heterocycles. The van der Waals surface area contributed by atoms with Gasteiger partial charge in [-0.3, -0.25) is 0 Å². The molecular formula is C39H34NOP. The van der Waals surface area contributed by atoms with Crippen molar-refractivity contribution in [3.05, 3.63) is 162 Å². The van der Waals surface area contributed by atoms with Crippen molar-refractivity contribution in [3.8, 4) is 11.1 Å². The second kappa shape index (κ2) is 10.5. The number of hydrogen-bond acceptors (Lipinski definition) is 2. The van der Waals surface area contributed by atoms with Gasteiger partial charge in [-0.1, -0.05) is 129 Å². The molecule has 1 heterocycles. The zero-order valence-electron chi connectivity index (χ0n) is 24.1. The maximum atomic E-state index is 15.5. The van der Waals surface area contributed by atoms with Gasteiger partial charge in [0, 0.05) is 21.7 Å². The van der Waals surface area contributed by atoms with E-state index in [1.54, 1.807) is 0 Å². The Morgan fingerprint density at radius 1 is 0.690 bits per heavy atom. The van der Waals surface area contributed by atoms with Gasteiger partial charge in [-0.2, -0.15) is 0 Å². The molecule has 0 fully saturated rings. The van der Waals surface area contributed by atoms with Crippen LogP contribution in [0, 0.1) is 0 Å². The molecule has 0 spiro atoms. The summed E-state index contributed by atoms with van der Waals surface area (Å²) >= 11 is 0. The van der Waals surface area contributed by atoms with E-state index < -0.39 is 7.14 Å². The molecule has 5 aromatic rings. The molecule has 0 saturated heterocycles. The van der Waals surface area contributed by atoms with E-state index in [0.717, 1.165) is 45.6 Å².